The number of hydrogen-bond donors (Lipinski definition) is 1. The molecule has 23 heavy (non-hydrogen) atoms. The summed E-state index contributed by atoms with van der Waals surface area (Å²) in [6.07, 6.45) is 6.35. The lowest BCUT2D eigenvalue weighted by Gasteiger charge is -2.12. The van der Waals surface area contributed by atoms with Crippen LogP contribution >= 0.6 is 11.3 Å². The highest BCUT2D eigenvalue weighted by molar-refractivity contribution is 7.12. The molecular weight excluding hydrogens is 315 g/mol. The van der Waals surface area contributed by atoms with Gasteiger partial charge in [0, 0.05) is 5.56 Å². The Kier molecular flexibility index (Phi) is 5.02. The van der Waals surface area contributed by atoms with Crippen LogP contribution in [0.3, 0.4) is 0 Å². The number of ether oxygens (including phenoxy) is 1. The minimum absolute atomic E-state index is 0.282. The van der Waals surface area contributed by atoms with Crippen molar-refractivity contribution in [3.05, 3.63) is 52.0 Å². The van der Waals surface area contributed by atoms with Gasteiger partial charge in [0.1, 0.15) is 5.75 Å². The van der Waals surface area contributed by atoms with E-state index in [0.717, 1.165) is 29.9 Å². The van der Waals surface area contributed by atoms with Crippen molar-refractivity contribution in [1.82, 2.24) is 5.43 Å². The van der Waals surface area contributed by atoms with Gasteiger partial charge in [-0.1, -0.05) is 0 Å². The van der Waals surface area contributed by atoms with E-state index in [1.54, 1.807) is 30.3 Å². The van der Waals surface area contributed by atoms with Crippen LogP contribution in [0.2, 0.25) is 0 Å². The number of hydrazone groups is 1. The van der Waals surface area contributed by atoms with Crippen molar-refractivity contribution in [2.24, 2.45) is 5.10 Å². The molecule has 0 atom stereocenters. The zero-order chi connectivity index (χ0) is 16.1. The minimum atomic E-state index is -0.314. The quantitative estimate of drug-likeness (QED) is 0.665. The molecule has 0 saturated heterocycles. The number of carbonyl (C=O) groups is 1. The van der Waals surface area contributed by atoms with Crippen LogP contribution < -0.4 is 10.2 Å². The maximum Gasteiger partial charge on any atom is 0.271 e. The normalized spacial score (nSPS) is 15.2. The molecule has 0 spiro atoms. The highest BCUT2D eigenvalue weighted by atomic mass is 32.1. The van der Waals surface area contributed by atoms with Crippen molar-refractivity contribution in [2.75, 3.05) is 0 Å². The summed E-state index contributed by atoms with van der Waals surface area (Å²) in [6, 6.07) is 9.97. The van der Waals surface area contributed by atoms with Crippen LogP contribution in [0.15, 0.2) is 41.5 Å². The van der Waals surface area contributed by atoms with Gasteiger partial charge >= 0.3 is 0 Å². The molecular formula is C17H17FN2O2S. The molecule has 2 aromatic rings. The molecule has 120 valence electrons. The van der Waals surface area contributed by atoms with Gasteiger partial charge in [-0.05, 0) is 62.1 Å². The van der Waals surface area contributed by atoms with E-state index in [9.17, 15) is 9.18 Å². The van der Waals surface area contributed by atoms with Crippen molar-refractivity contribution < 1.29 is 13.9 Å². The lowest BCUT2D eigenvalue weighted by atomic mass is 10.2. The SMILES string of the molecule is O=C(NN=Cc1ccc(F)s1)c1ccc(OC2CCCC2)cc1. The molecule has 0 unspecified atom stereocenters. The molecule has 1 aromatic heterocycles. The Morgan fingerprint density at radius 2 is 1.96 bits per heavy atom. The number of halogens is 1. The van der Waals surface area contributed by atoms with E-state index < -0.39 is 0 Å². The van der Waals surface area contributed by atoms with E-state index in [1.165, 1.54) is 25.1 Å². The van der Waals surface area contributed by atoms with E-state index >= 15 is 0 Å². The molecule has 3 rings (SSSR count). The van der Waals surface area contributed by atoms with Gasteiger partial charge in [0.25, 0.3) is 5.91 Å². The van der Waals surface area contributed by atoms with Gasteiger partial charge in [0.05, 0.1) is 17.2 Å². The Balaban J connectivity index is 1.53. The Morgan fingerprint density at radius 1 is 1.22 bits per heavy atom. The standard InChI is InChI=1S/C17H17FN2O2S/c18-16-10-9-15(23-16)11-19-20-17(21)12-5-7-14(8-6-12)22-13-3-1-2-4-13/h5-11,13H,1-4H2,(H,20,21). The molecule has 1 fully saturated rings. The number of hydrogen-bond acceptors (Lipinski definition) is 4. The highest BCUT2D eigenvalue weighted by Crippen LogP contribution is 2.24. The largest absolute Gasteiger partial charge is 0.490 e. The number of thiophene rings is 1. The molecule has 1 aromatic carbocycles. The van der Waals surface area contributed by atoms with Crippen LogP contribution in [0.4, 0.5) is 4.39 Å². The summed E-state index contributed by atoms with van der Waals surface area (Å²) in [7, 11) is 0. The molecule has 1 saturated carbocycles. The average molecular weight is 332 g/mol. The van der Waals surface area contributed by atoms with Crippen LogP contribution in [-0.2, 0) is 0 Å². The van der Waals surface area contributed by atoms with Gasteiger partial charge in [-0.25, -0.2) is 5.43 Å². The van der Waals surface area contributed by atoms with Gasteiger partial charge < -0.3 is 4.74 Å². The number of nitrogens with zero attached hydrogens (tertiary/aromatic N) is 1. The van der Waals surface area contributed by atoms with Gasteiger partial charge in [-0.2, -0.15) is 9.49 Å². The summed E-state index contributed by atoms with van der Waals surface area (Å²) in [6.45, 7) is 0. The topological polar surface area (TPSA) is 50.7 Å². The summed E-state index contributed by atoms with van der Waals surface area (Å²) in [5, 5.41) is 3.54. The lowest BCUT2D eigenvalue weighted by Crippen LogP contribution is -2.17. The average Bonchev–Trinajstić information content (AvgIpc) is 3.20. The van der Waals surface area contributed by atoms with Crippen molar-refractivity contribution in [3.63, 3.8) is 0 Å². The number of nitrogens with one attached hydrogen (secondary N) is 1. The highest BCUT2D eigenvalue weighted by Gasteiger charge is 2.16. The van der Waals surface area contributed by atoms with Gasteiger partial charge in [0.15, 0.2) is 5.13 Å². The van der Waals surface area contributed by atoms with Crippen molar-refractivity contribution >= 4 is 23.5 Å². The van der Waals surface area contributed by atoms with Gasteiger partial charge in [-0.3, -0.25) is 4.79 Å². The Labute approximate surface area is 138 Å². The number of benzene rings is 1. The predicted molar refractivity (Wildman–Crippen MR) is 88.7 cm³/mol. The molecule has 6 heteroatoms. The summed E-state index contributed by atoms with van der Waals surface area (Å²) in [4.78, 5) is 12.6. The molecule has 1 aliphatic rings. The summed E-state index contributed by atoms with van der Waals surface area (Å²) in [5.74, 6) is 0.469. The van der Waals surface area contributed by atoms with E-state index in [4.69, 9.17) is 4.74 Å². The molecule has 0 radical (unpaired) electrons. The number of rotatable bonds is 5. The first kappa shape index (κ1) is 15.7. The maximum atomic E-state index is 12.8. The third kappa shape index (κ3) is 4.39. The van der Waals surface area contributed by atoms with E-state index in [2.05, 4.69) is 10.5 Å². The third-order valence-corrected chi connectivity index (χ3v) is 4.48. The first-order chi connectivity index (χ1) is 11.2. The number of carbonyl (C=O) groups excluding carboxylic acids is 1. The summed E-state index contributed by atoms with van der Waals surface area (Å²) >= 11 is 0.968. The van der Waals surface area contributed by atoms with Crippen LogP contribution in [0.1, 0.15) is 40.9 Å². The molecule has 1 amide bonds. The van der Waals surface area contributed by atoms with Gasteiger partial charge in [-0.15, -0.1) is 11.3 Å². The second-order valence-electron chi connectivity index (χ2n) is 5.39. The van der Waals surface area contributed by atoms with Crippen molar-refractivity contribution in [3.8, 4) is 5.75 Å². The maximum absolute atomic E-state index is 12.8. The zero-order valence-corrected chi connectivity index (χ0v) is 13.3. The molecule has 0 aliphatic heterocycles. The summed E-state index contributed by atoms with van der Waals surface area (Å²) < 4.78 is 18.7. The van der Waals surface area contributed by atoms with Crippen LogP contribution in [-0.4, -0.2) is 18.2 Å². The van der Waals surface area contributed by atoms with Crippen LogP contribution in [0.5, 0.6) is 5.75 Å². The molecule has 1 aliphatic carbocycles. The second-order valence-corrected chi connectivity index (χ2v) is 6.46. The third-order valence-electron chi connectivity index (χ3n) is 3.67. The molecule has 1 N–H and O–H groups in total. The lowest BCUT2D eigenvalue weighted by molar-refractivity contribution is 0.0955. The molecule has 1 heterocycles. The first-order valence-corrected chi connectivity index (χ1v) is 8.38. The van der Waals surface area contributed by atoms with E-state index in [0.29, 0.717) is 16.5 Å². The van der Waals surface area contributed by atoms with E-state index in [-0.39, 0.29) is 11.0 Å². The summed E-state index contributed by atoms with van der Waals surface area (Å²) in [5.41, 5.74) is 2.92. The predicted octanol–water partition coefficient (Wildman–Crippen LogP) is 3.97. The fraction of sp³-hybridized carbons (Fsp3) is 0.294. The monoisotopic (exact) mass is 332 g/mol. The molecule has 0 bridgehead atoms. The Bertz CT molecular complexity index is 691. The Hall–Kier alpha value is -2.21. The van der Waals surface area contributed by atoms with Crippen molar-refractivity contribution in [1.29, 1.82) is 0 Å². The van der Waals surface area contributed by atoms with E-state index in [1.807, 2.05) is 0 Å². The van der Waals surface area contributed by atoms with Crippen LogP contribution in [0.25, 0.3) is 0 Å². The van der Waals surface area contributed by atoms with Crippen LogP contribution in [0, 0.1) is 5.13 Å². The smallest absolute Gasteiger partial charge is 0.271 e. The number of amides is 1. The van der Waals surface area contributed by atoms with Gasteiger partial charge in [0.2, 0.25) is 0 Å². The first-order valence-electron chi connectivity index (χ1n) is 7.56. The molecule has 4 nitrogen and oxygen atoms in total. The zero-order valence-electron chi connectivity index (χ0n) is 12.5. The fourth-order valence-electron chi connectivity index (χ4n) is 2.50. The van der Waals surface area contributed by atoms with Crippen molar-refractivity contribution in [2.45, 2.75) is 31.8 Å². The minimum Gasteiger partial charge on any atom is -0.490 e. The second kappa shape index (κ2) is 7.37. The Morgan fingerprint density at radius 3 is 2.61 bits per heavy atom. The fourth-order valence-corrected chi connectivity index (χ4v) is 3.10.